The first-order valence-electron chi connectivity index (χ1n) is 12.4. The number of anilines is 2. The maximum Gasteiger partial charge on any atom is 0.324 e. The molecule has 2 heterocycles. The van der Waals surface area contributed by atoms with Crippen LogP contribution in [0.25, 0.3) is 0 Å². The molecule has 5 rings (SSSR count). The summed E-state index contributed by atoms with van der Waals surface area (Å²) in [5.41, 5.74) is 6.27. The second kappa shape index (κ2) is 9.61. The zero-order valence-electron chi connectivity index (χ0n) is 19.0. The van der Waals surface area contributed by atoms with Crippen molar-refractivity contribution in [1.82, 2.24) is 15.6 Å². The van der Waals surface area contributed by atoms with Gasteiger partial charge >= 0.3 is 5.97 Å². The van der Waals surface area contributed by atoms with Crippen LogP contribution in [0.1, 0.15) is 87.6 Å². The van der Waals surface area contributed by atoms with E-state index in [0.29, 0.717) is 24.8 Å². The Hall–Kier alpha value is -2.41. The van der Waals surface area contributed by atoms with Gasteiger partial charge in [-0.25, -0.2) is 0 Å². The Morgan fingerprint density at radius 3 is 2.94 bits per heavy atom. The number of hydrogen-bond donors (Lipinski definition) is 1. The minimum absolute atomic E-state index is 0.251. The molecule has 3 unspecified atom stereocenters. The predicted molar refractivity (Wildman–Crippen MR) is 121 cm³/mol. The van der Waals surface area contributed by atoms with Gasteiger partial charge in [0.1, 0.15) is 0 Å². The number of hydrogen-bond acceptors (Lipinski definition) is 7. The number of nitrogens with zero attached hydrogens (tertiary/aromatic N) is 3. The molecule has 172 valence electrons. The molecule has 0 radical (unpaired) electrons. The summed E-state index contributed by atoms with van der Waals surface area (Å²) in [5.74, 6) is 3.45. The summed E-state index contributed by atoms with van der Waals surface area (Å²) in [6, 6.07) is 6.37. The Kier molecular flexibility index (Phi) is 6.44. The Labute approximate surface area is 189 Å². The van der Waals surface area contributed by atoms with Crippen molar-refractivity contribution in [3.05, 3.63) is 35.2 Å². The number of benzene rings is 1. The third-order valence-electron chi connectivity index (χ3n) is 7.57. The molecule has 32 heavy (non-hydrogen) atoms. The van der Waals surface area contributed by atoms with E-state index in [1.54, 1.807) is 6.92 Å². The Bertz CT molecular complexity index is 943. The van der Waals surface area contributed by atoms with Gasteiger partial charge in [0, 0.05) is 24.6 Å². The van der Waals surface area contributed by atoms with Gasteiger partial charge in [0.05, 0.1) is 6.54 Å². The van der Waals surface area contributed by atoms with Crippen LogP contribution in [0.15, 0.2) is 22.7 Å². The Morgan fingerprint density at radius 1 is 1.19 bits per heavy atom. The maximum absolute atomic E-state index is 11.3. The number of hydroxylamine groups is 1. The lowest BCUT2D eigenvalue weighted by Gasteiger charge is -2.38. The Balaban J connectivity index is 1.26. The van der Waals surface area contributed by atoms with Crippen LogP contribution in [-0.2, 0) is 22.6 Å². The summed E-state index contributed by atoms with van der Waals surface area (Å²) < 4.78 is 5.80. The van der Waals surface area contributed by atoms with Crippen LogP contribution in [0.5, 0.6) is 0 Å². The zero-order valence-corrected chi connectivity index (χ0v) is 19.0. The molecule has 1 N–H and O–H groups in total. The number of aryl methyl sites for hydroxylation is 1. The highest BCUT2D eigenvalue weighted by molar-refractivity contribution is 5.68. The monoisotopic (exact) mass is 438 g/mol. The predicted octanol–water partition coefficient (Wildman–Crippen LogP) is 5.19. The first-order valence-corrected chi connectivity index (χ1v) is 12.4. The van der Waals surface area contributed by atoms with E-state index in [4.69, 9.17) is 14.3 Å². The second-order valence-corrected chi connectivity index (χ2v) is 9.61. The van der Waals surface area contributed by atoms with Gasteiger partial charge in [-0.05, 0) is 66.3 Å². The van der Waals surface area contributed by atoms with Crippen LogP contribution in [0.3, 0.4) is 0 Å². The summed E-state index contributed by atoms with van der Waals surface area (Å²) >= 11 is 0. The lowest BCUT2D eigenvalue weighted by Crippen LogP contribution is -2.27. The zero-order chi connectivity index (χ0) is 21.9. The number of carbonyl (C=O) groups excluding carboxylic acids is 1. The minimum Gasteiger partial charge on any atom is -0.370 e. The van der Waals surface area contributed by atoms with Gasteiger partial charge in [-0.2, -0.15) is 4.98 Å². The third-order valence-corrected chi connectivity index (χ3v) is 7.57. The highest BCUT2D eigenvalue weighted by atomic mass is 16.7. The van der Waals surface area contributed by atoms with Crippen molar-refractivity contribution in [2.75, 3.05) is 11.4 Å². The SMILES string of the molecule is CCC(=O)ONCc1ccc2c(c1)CCCN2c1noc(C2CCC3CCCCC3C2)n1. The van der Waals surface area contributed by atoms with Crippen molar-refractivity contribution in [2.45, 2.75) is 83.6 Å². The number of carbonyl (C=O) groups is 1. The van der Waals surface area contributed by atoms with Crippen molar-refractivity contribution in [2.24, 2.45) is 11.8 Å². The summed E-state index contributed by atoms with van der Waals surface area (Å²) in [6.45, 7) is 3.17. The molecule has 0 saturated heterocycles. The molecular weight excluding hydrogens is 404 g/mol. The molecule has 2 aromatic rings. The van der Waals surface area contributed by atoms with E-state index >= 15 is 0 Å². The normalized spacial score (nSPS) is 25.2. The summed E-state index contributed by atoms with van der Waals surface area (Å²) in [6.07, 6.45) is 11.7. The molecule has 0 bridgehead atoms. The number of nitrogens with one attached hydrogen (secondary N) is 1. The molecule has 1 aliphatic heterocycles. The van der Waals surface area contributed by atoms with Crippen molar-refractivity contribution in [3.8, 4) is 0 Å². The van der Waals surface area contributed by atoms with Crippen LogP contribution < -0.4 is 10.4 Å². The van der Waals surface area contributed by atoms with Crippen LogP contribution in [-0.4, -0.2) is 22.7 Å². The van der Waals surface area contributed by atoms with Crippen LogP contribution >= 0.6 is 0 Å². The molecule has 7 nitrogen and oxygen atoms in total. The number of aromatic nitrogens is 2. The average molecular weight is 439 g/mol. The molecule has 3 aliphatic rings. The van der Waals surface area contributed by atoms with E-state index in [1.165, 1.54) is 50.5 Å². The number of rotatable bonds is 6. The summed E-state index contributed by atoms with van der Waals surface area (Å²) in [5, 5.41) is 4.39. The molecule has 0 spiro atoms. The smallest absolute Gasteiger partial charge is 0.324 e. The van der Waals surface area contributed by atoms with Gasteiger partial charge in [-0.3, -0.25) is 4.79 Å². The maximum atomic E-state index is 11.3. The van der Waals surface area contributed by atoms with Crippen LogP contribution in [0.2, 0.25) is 0 Å². The van der Waals surface area contributed by atoms with Gasteiger partial charge < -0.3 is 14.3 Å². The van der Waals surface area contributed by atoms with E-state index in [1.807, 2.05) is 0 Å². The van der Waals surface area contributed by atoms with Crippen molar-refractivity contribution < 1.29 is 14.2 Å². The highest BCUT2D eigenvalue weighted by Crippen LogP contribution is 2.46. The summed E-state index contributed by atoms with van der Waals surface area (Å²) in [4.78, 5) is 23.4. The standard InChI is InChI=1S/C25H34N4O3/c1-2-23(30)31-26-16-17-9-12-22-20(14-17)8-5-13-29(22)25-27-24(32-28-25)21-11-10-18-6-3-4-7-19(18)15-21/h9,12,14,18-19,21,26H,2-8,10-11,13,15-16H2,1H3. The molecule has 2 saturated carbocycles. The van der Waals surface area contributed by atoms with Gasteiger partial charge in [0.25, 0.3) is 5.95 Å². The topological polar surface area (TPSA) is 80.5 Å². The van der Waals surface area contributed by atoms with E-state index in [0.717, 1.165) is 48.4 Å². The first kappa shape index (κ1) is 21.4. The van der Waals surface area contributed by atoms with Crippen LogP contribution in [0.4, 0.5) is 11.6 Å². The fourth-order valence-electron chi connectivity index (χ4n) is 5.84. The molecule has 1 aromatic carbocycles. The summed E-state index contributed by atoms with van der Waals surface area (Å²) in [7, 11) is 0. The highest BCUT2D eigenvalue weighted by Gasteiger charge is 2.35. The Morgan fingerprint density at radius 2 is 2.06 bits per heavy atom. The van der Waals surface area contributed by atoms with Crippen molar-refractivity contribution in [3.63, 3.8) is 0 Å². The van der Waals surface area contributed by atoms with Gasteiger partial charge in [0.15, 0.2) is 0 Å². The van der Waals surface area contributed by atoms with E-state index < -0.39 is 0 Å². The largest absolute Gasteiger partial charge is 0.370 e. The molecule has 3 atom stereocenters. The van der Waals surface area contributed by atoms with Gasteiger partial charge in [-0.1, -0.05) is 44.7 Å². The lowest BCUT2D eigenvalue weighted by molar-refractivity contribution is -0.151. The molecule has 0 amide bonds. The van der Waals surface area contributed by atoms with Gasteiger partial charge in [0.2, 0.25) is 5.89 Å². The fourth-order valence-corrected chi connectivity index (χ4v) is 5.84. The molecule has 2 fully saturated rings. The van der Waals surface area contributed by atoms with Crippen molar-refractivity contribution in [1.29, 1.82) is 0 Å². The molecular formula is C25H34N4O3. The molecule has 7 heteroatoms. The second-order valence-electron chi connectivity index (χ2n) is 9.61. The van der Waals surface area contributed by atoms with Crippen LogP contribution in [0, 0.1) is 11.8 Å². The lowest BCUT2D eigenvalue weighted by atomic mass is 9.67. The molecule has 2 aliphatic carbocycles. The molecule has 1 aromatic heterocycles. The van der Waals surface area contributed by atoms with E-state index in [-0.39, 0.29) is 5.97 Å². The van der Waals surface area contributed by atoms with E-state index in [9.17, 15) is 4.79 Å². The third kappa shape index (κ3) is 4.53. The van der Waals surface area contributed by atoms with Gasteiger partial charge in [-0.15, -0.1) is 5.48 Å². The quantitative estimate of drug-likeness (QED) is 0.622. The first-order chi connectivity index (χ1) is 15.7. The number of fused-ring (bicyclic) bond motifs is 2. The van der Waals surface area contributed by atoms with E-state index in [2.05, 4.69) is 33.7 Å². The minimum atomic E-state index is -0.251. The fraction of sp³-hybridized carbons (Fsp3) is 0.640. The van der Waals surface area contributed by atoms with Crippen molar-refractivity contribution >= 4 is 17.6 Å². The average Bonchev–Trinajstić information content (AvgIpc) is 3.33.